The van der Waals surface area contributed by atoms with Gasteiger partial charge in [-0.05, 0) is 47.7 Å². The maximum Gasteiger partial charge on any atom is 2.00 e. The van der Waals surface area contributed by atoms with Crippen LogP contribution in [0.3, 0.4) is 0 Å². The van der Waals surface area contributed by atoms with Gasteiger partial charge in [-0.25, -0.2) is 0 Å². The summed E-state index contributed by atoms with van der Waals surface area (Å²) in [6.07, 6.45) is 0. The van der Waals surface area contributed by atoms with Gasteiger partial charge < -0.3 is 0 Å². The van der Waals surface area contributed by atoms with Crippen molar-refractivity contribution in [3.05, 3.63) is 182 Å². The first-order chi connectivity index (χ1) is 18.9. The number of halogens is 2. The van der Waals surface area contributed by atoms with E-state index in [4.69, 9.17) is 0 Å². The summed E-state index contributed by atoms with van der Waals surface area (Å²) in [5, 5.41) is 8.39. The van der Waals surface area contributed by atoms with E-state index >= 15 is 0 Å². The van der Waals surface area contributed by atoms with Crippen LogP contribution in [0.15, 0.2) is 182 Å². The Hall–Kier alpha value is -2.58. The molecule has 0 fully saturated rings. The van der Waals surface area contributed by atoms with E-state index in [-0.39, 0.29) is 45.2 Å². The van der Waals surface area contributed by atoms with Crippen LogP contribution < -0.4 is 31.8 Å². The minimum Gasteiger partial charge on any atom is -0.147 e. The van der Waals surface area contributed by atoms with Gasteiger partial charge in [-0.15, -0.1) is 24.8 Å². The quantitative estimate of drug-likeness (QED) is 0.123. The van der Waals surface area contributed by atoms with Gasteiger partial charge in [-0.2, -0.15) is 0 Å². The van der Waals surface area contributed by atoms with Gasteiger partial charge in [0.2, 0.25) is 0 Å². The van der Waals surface area contributed by atoms with Crippen LogP contribution in [0.25, 0.3) is 0 Å². The summed E-state index contributed by atoms with van der Waals surface area (Å²) < 4.78 is 0. The van der Waals surface area contributed by atoms with Crippen molar-refractivity contribution in [2.75, 3.05) is 0 Å². The van der Waals surface area contributed by atoms with Crippen molar-refractivity contribution in [1.29, 1.82) is 0 Å². The van der Waals surface area contributed by atoms with E-state index in [0.717, 1.165) is 0 Å². The van der Waals surface area contributed by atoms with Gasteiger partial charge in [0.25, 0.3) is 0 Å². The number of hydrogen-bond donors (Lipinski definition) is 0. The van der Waals surface area contributed by atoms with E-state index in [0.29, 0.717) is 0 Å². The largest absolute Gasteiger partial charge is 2.00 e. The van der Waals surface area contributed by atoms with Crippen LogP contribution in [0.4, 0.5) is 0 Å². The molecule has 6 aromatic rings. The third-order valence-electron chi connectivity index (χ3n) is 6.09. The summed E-state index contributed by atoms with van der Waals surface area (Å²) in [6.45, 7) is 0. The van der Waals surface area contributed by atoms with Crippen molar-refractivity contribution in [1.82, 2.24) is 0 Å². The second-order valence-corrected chi connectivity index (χ2v) is 13.1. The molecular weight excluding hydrogens is 672 g/mol. The maximum absolute atomic E-state index is 2.23. The van der Waals surface area contributed by atoms with Gasteiger partial charge in [-0.1, -0.05) is 182 Å². The normalized spacial score (nSPS) is 9.80. The van der Waals surface area contributed by atoms with Crippen LogP contribution in [-0.4, -0.2) is 0 Å². The molecule has 0 heterocycles. The fourth-order valence-electron chi connectivity index (χ4n) is 4.36. The van der Waals surface area contributed by atoms with Gasteiger partial charge in [0.15, 0.2) is 0 Å². The Bertz CT molecular complexity index is 1180. The molecular formula is C36H32Cl2P2Pd+2. The molecule has 0 saturated heterocycles. The fraction of sp³-hybridized carbons (Fsp3) is 0. The molecule has 0 saturated carbocycles. The Labute approximate surface area is 273 Å². The van der Waals surface area contributed by atoms with Gasteiger partial charge in [0.05, 0.1) is 0 Å². The summed E-state index contributed by atoms with van der Waals surface area (Å²) >= 11 is 0. The first-order valence-electron chi connectivity index (χ1n) is 12.8. The van der Waals surface area contributed by atoms with Crippen molar-refractivity contribution in [2.24, 2.45) is 0 Å². The molecule has 0 spiro atoms. The molecule has 6 rings (SSSR count). The molecule has 0 radical (unpaired) electrons. The Balaban J connectivity index is 0.000000267. The molecule has 6 aromatic carbocycles. The van der Waals surface area contributed by atoms with Crippen molar-refractivity contribution in [3.8, 4) is 0 Å². The van der Waals surface area contributed by atoms with Crippen LogP contribution in [0.2, 0.25) is 0 Å². The first-order valence-corrected chi connectivity index (χ1v) is 15.5. The van der Waals surface area contributed by atoms with E-state index in [2.05, 4.69) is 182 Å². The molecule has 0 aliphatic heterocycles. The number of rotatable bonds is 6. The zero-order valence-electron chi connectivity index (χ0n) is 22.3. The average Bonchev–Trinajstić information content (AvgIpc) is 3.01. The molecule has 0 bridgehead atoms. The van der Waals surface area contributed by atoms with Gasteiger partial charge in [0.1, 0.15) is 0 Å². The van der Waals surface area contributed by atoms with Crippen LogP contribution in [0.5, 0.6) is 0 Å². The predicted molar refractivity (Wildman–Crippen MR) is 185 cm³/mol. The van der Waals surface area contributed by atoms with E-state index < -0.39 is 15.8 Å². The van der Waals surface area contributed by atoms with Gasteiger partial charge in [0, 0.05) is 0 Å². The van der Waals surface area contributed by atoms with Crippen LogP contribution in [0, 0.1) is 0 Å². The fourth-order valence-corrected chi connectivity index (χ4v) is 8.97. The summed E-state index contributed by atoms with van der Waals surface area (Å²) in [5.74, 6) is 0. The summed E-state index contributed by atoms with van der Waals surface area (Å²) in [5.41, 5.74) is 0. The van der Waals surface area contributed by atoms with Crippen LogP contribution >= 0.6 is 40.7 Å². The van der Waals surface area contributed by atoms with Gasteiger partial charge >= 0.3 is 20.4 Å². The maximum atomic E-state index is 2.23. The van der Waals surface area contributed by atoms with E-state index in [9.17, 15) is 0 Å². The minimum absolute atomic E-state index is 0. The Morgan fingerprint density at radius 2 is 0.341 bits per heavy atom. The van der Waals surface area contributed by atoms with Crippen molar-refractivity contribution < 1.29 is 20.4 Å². The number of benzene rings is 6. The predicted octanol–water partition coefficient (Wildman–Crippen LogP) is 7.73. The molecule has 0 aliphatic carbocycles. The molecule has 0 amide bonds. The molecule has 0 aromatic heterocycles. The van der Waals surface area contributed by atoms with Crippen LogP contribution in [0.1, 0.15) is 0 Å². The van der Waals surface area contributed by atoms with Crippen molar-refractivity contribution >= 4 is 72.5 Å². The third kappa shape index (κ3) is 9.74. The van der Waals surface area contributed by atoms with E-state index in [1.165, 1.54) is 31.8 Å². The smallest absolute Gasteiger partial charge is 0.147 e. The molecule has 0 unspecified atom stereocenters. The Morgan fingerprint density at radius 3 is 0.463 bits per heavy atom. The first kappa shape index (κ1) is 34.6. The third-order valence-corrected chi connectivity index (χ3v) is 11.0. The monoisotopic (exact) mass is 702 g/mol. The topological polar surface area (TPSA) is 0 Å². The van der Waals surface area contributed by atoms with Crippen molar-refractivity contribution in [3.63, 3.8) is 0 Å². The molecule has 0 nitrogen and oxygen atoms in total. The zero-order valence-corrected chi connectivity index (χ0v) is 27.3. The second-order valence-electron chi connectivity index (χ2n) is 8.68. The summed E-state index contributed by atoms with van der Waals surface area (Å²) in [7, 11) is -0.892. The second kappa shape index (κ2) is 18.8. The minimum atomic E-state index is -0.446. The van der Waals surface area contributed by atoms with E-state index in [1.807, 2.05) is 0 Å². The summed E-state index contributed by atoms with van der Waals surface area (Å²) in [6, 6.07) is 64.7. The molecule has 208 valence electrons. The molecule has 0 N–H and O–H groups in total. The SMILES string of the molecule is Cl.Cl.[Pd+2].c1ccc(P(c2ccccc2)c2ccccc2)cc1.c1ccc(P(c2ccccc2)c2ccccc2)cc1. The standard InChI is InChI=1S/2C18H15P.2ClH.Pd/c2*1-4-10-16(11-5-1)19(17-12-6-2-7-13-17)18-14-8-3-9-15-18;;;/h2*1-15H;2*1H;/q;;;;+2. The molecule has 0 atom stereocenters. The average molecular weight is 704 g/mol. The Kier molecular flexibility index (Phi) is 15.9. The number of hydrogen-bond acceptors (Lipinski definition) is 0. The Morgan fingerprint density at radius 1 is 0.220 bits per heavy atom. The molecule has 41 heavy (non-hydrogen) atoms. The zero-order chi connectivity index (χ0) is 25.8. The van der Waals surface area contributed by atoms with E-state index in [1.54, 1.807) is 0 Å². The summed E-state index contributed by atoms with van der Waals surface area (Å²) in [4.78, 5) is 0. The van der Waals surface area contributed by atoms with Gasteiger partial charge in [-0.3, -0.25) is 0 Å². The molecule has 0 aliphatic rings. The van der Waals surface area contributed by atoms with Crippen molar-refractivity contribution in [2.45, 2.75) is 0 Å². The molecule has 5 heteroatoms. The van der Waals surface area contributed by atoms with Crippen LogP contribution in [-0.2, 0) is 20.4 Å².